The van der Waals surface area contributed by atoms with Crippen LogP contribution in [-0.4, -0.2) is 17.6 Å². The number of amides is 2. The highest BCUT2D eigenvalue weighted by atomic mass is 19.1. The molecule has 0 saturated heterocycles. The number of hydrogen-bond acceptors (Lipinski definition) is 3. The fourth-order valence-electron chi connectivity index (χ4n) is 1.88. The minimum Gasteiger partial charge on any atom is -0.326 e. The van der Waals surface area contributed by atoms with Gasteiger partial charge in [0.2, 0.25) is 11.8 Å². The first-order valence-corrected chi connectivity index (χ1v) is 6.90. The lowest BCUT2D eigenvalue weighted by molar-refractivity contribution is -0.123. The van der Waals surface area contributed by atoms with Crippen LogP contribution in [0.1, 0.15) is 23.7 Å². The lowest BCUT2D eigenvalue weighted by atomic mass is 10.1. The van der Waals surface area contributed by atoms with E-state index < -0.39 is 17.6 Å². The second-order valence-corrected chi connectivity index (χ2v) is 4.91. The van der Waals surface area contributed by atoms with E-state index in [1.54, 1.807) is 24.3 Å². The first-order valence-electron chi connectivity index (χ1n) is 6.90. The van der Waals surface area contributed by atoms with E-state index in [0.29, 0.717) is 16.9 Å². The Balaban J connectivity index is 1.87. The number of halogens is 1. The van der Waals surface area contributed by atoms with E-state index in [4.69, 9.17) is 0 Å². The third-order valence-electron chi connectivity index (χ3n) is 3.02. The smallest absolute Gasteiger partial charge is 0.233 e. The summed E-state index contributed by atoms with van der Waals surface area (Å²) >= 11 is 0. The Morgan fingerprint density at radius 3 is 1.70 bits per heavy atom. The van der Waals surface area contributed by atoms with E-state index in [2.05, 4.69) is 10.6 Å². The van der Waals surface area contributed by atoms with Crippen LogP contribution in [0.2, 0.25) is 0 Å². The summed E-state index contributed by atoms with van der Waals surface area (Å²) in [6.45, 7) is 1.45. The number of Topliss-reactive ketones (excluding diaryl/α,β-unsaturated/α-hetero) is 1. The molecule has 118 valence electrons. The molecule has 0 aromatic heterocycles. The Kier molecular flexibility index (Phi) is 5.19. The van der Waals surface area contributed by atoms with Crippen molar-refractivity contribution in [2.24, 2.45) is 0 Å². The maximum absolute atomic E-state index is 12.8. The molecule has 0 aliphatic carbocycles. The monoisotopic (exact) mass is 314 g/mol. The van der Waals surface area contributed by atoms with Gasteiger partial charge >= 0.3 is 0 Å². The fraction of sp³-hybridized carbons (Fsp3) is 0.118. The van der Waals surface area contributed by atoms with Gasteiger partial charge in [-0.2, -0.15) is 0 Å². The van der Waals surface area contributed by atoms with Crippen molar-refractivity contribution in [1.29, 1.82) is 0 Å². The van der Waals surface area contributed by atoms with Gasteiger partial charge in [-0.05, 0) is 55.5 Å². The highest BCUT2D eigenvalue weighted by Crippen LogP contribution is 2.11. The Hall–Kier alpha value is -3.02. The summed E-state index contributed by atoms with van der Waals surface area (Å²) in [6.07, 6.45) is -0.369. The first kappa shape index (κ1) is 16.4. The molecule has 0 aliphatic rings. The van der Waals surface area contributed by atoms with E-state index in [9.17, 15) is 18.8 Å². The zero-order chi connectivity index (χ0) is 16.8. The molecule has 0 aliphatic heterocycles. The van der Waals surface area contributed by atoms with Crippen LogP contribution in [0.25, 0.3) is 0 Å². The molecule has 0 unspecified atom stereocenters. The summed E-state index contributed by atoms with van der Waals surface area (Å²) in [6, 6.07) is 11.6. The maximum atomic E-state index is 12.8. The summed E-state index contributed by atoms with van der Waals surface area (Å²) in [4.78, 5) is 34.7. The zero-order valence-corrected chi connectivity index (χ0v) is 12.4. The van der Waals surface area contributed by atoms with Crippen molar-refractivity contribution in [3.8, 4) is 0 Å². The van der Waals surface area contributed by atoms with E-state index in [-0.39, 0.29) is 12.2 Å². The van der Waals surface area contributed by atoms with Crippen molar-refractivity contribution < 1.29 is 18.8 Å². The largest absolute Gasteiger partial charge is 0.326 e. The van der Waals surface area contributed by atoms with Crippen molar-refractivity contribution in [2.45, 2.75) is 13.3 Å². The van der Waals surface area contributed by atoms with Gasteiger partial charge in [0.15, 0.2) is 5.78 Å². The molecule has 0 atom stereocenters. The van der Waals surface area contributed by atoms with Gasteiger partial charge in [0.05, 0.1) is 0 Å². The molecular formula is C17H15FN2O3. The molecule has 0 radical (unpaired) electrons. The number of nitrogens with one attached hydrogen (secondary N) is 2. The minimum absolute atomic E-state index is 0.0680. The first-order chi connectivity index (χ1) is 10.9. The standard InChI is InChI=1S/C17H15FN2O3/c1-11(21)12-2-6-14(7-3-12)19-16(22)10-17(23)20-15-8-4-13(18)5-9-15/h2-9H,10H2,1H3,(H,19,22)(H,20,23). The van der Waals surface area contributed by atoms with Gasteiger partial charge in [0, 0.05) is 16.9 Å². The third kappa shape index (κ3) is 5.03. The van der Waals surface area contributed by atoms with E-state index >= 15 is 0 Å². The molecule has 0 heterocycles. The quantitative estimate of drug-likeness (QED) is 0.658. The molecule has 2 aromatic carbocycles. The molecule has 6 heteroatoms. The molecular weight excluding hydrogens is 299 g/mol. The summed E-state index contributed by atoms with van der Waals surface area (Å²) in [5.74, 6) is -1.47. The van der Waals surface area contributed by atoms with Crippen LogP contribution in [0.3, 0.4) is 0 Å². The number of hydrogen-bond donors (Lipinski definition) is 2. The lowest BCUT2D eigenvalue weighted by Crippen LogP contribution is -2.21. The fourth-order valence-corrected chi connectivity index (χ4v) is 1.88. The molecule has 2 rings (SSSR count). The summed E-state index contributed by atoms with van der Waals surface area (Å²) in [5, 5.41) is 5.06. The Morgan fingerprint density at radius 1 is 0.826 bits per heavy atom. The van der Waals surface area contributed by atoms with Crippen LogP contribution in [0.4, 0.5) is 15.8 Å². The van der Waals surface area contributed by atoms with Crippen molar-refractivity contribution in [3.63, 3.8) is 0 Å². The minimum atomic E-state index is -0.505. The zero-order valence-electron chi connectivity index (χ0n) is 12.4. The van der Waals surface area contributed by atoms with Gasteiger partial charge in [-0.25, -0.2) is 4.39 Å². The van der Waals surface area contributed by atoms with Gasteiger partial charge in [-0.1, -0.05) is 0 Å². The maximum Gasteiger partial charge on any atom is 0.233 e. The summed E-state index contributed by atoms with van der Waals surface area (Å²) < 4.78 is 12.8. The van der Waals surface area contributed by atoms with Crippen LogP contribution >= 0.6 is 0 Å². The van der Waals surface area contributed by atoms with E-state index in [0.717, 1.165) is 0 Å². The van der Waals surface area contributed by atoms with Crippen LogP contribution in [0.5, 0.6) is 0 Å². The van der Waals surface area contributed by atoms with E-state index in [1.807, 2.05) is 0 Å². The highest BCUT2D eigenvalue weighted by molar-refractivity contribution is 6.08. The van der Waals surface area contributed by atoms with Gasteiger partial charge in [0.1, 0.15) is 12.2 Å². The van der Waals surface area contributed by atoms with Gasteiger partial charge in [-0.3, -0.25) is 14.4 Å². The molecule has 0 bridgehead atoms. The van der Waals surface area contributed by atoms with Crippen LogP contribution in [-0.2, 0) is 9.59 Å². The average Bonchev–Trinajstić information content (AvgIpc) is 2.50. The Labute approximate surface area is 132 Å². The predicted octanol–water partition coefficient (Wildman–Crippen LogP) is 3.00. The number of carbonyl (C=O) groups is 3. The third-order valence-corrected chi connectivity index (χ3v) is 3.02. The number of rotatable bonds is 5. The number of anilines is 2. The molecule has 0 fully saturated rings. The second-order valence-electron chi connectivity index (χ2n) is 4.91. The van der Waals surface area contributed by atoms with Crippen LogP contribution in [0, 0.1) is 5.82 Å². The molecule has 2 N–H and O–H groups in total. The summed E-state index contributed by atoms with van der Waals surface area (Å²) in [7, 11) is 0. The Morgan fingerprint density at radius 2 is 1.26 bits per heavy atom. The van der Waals surface area contributed by atoms with Crippen molar-refractivity contribution in [1.82, 2.24) is 0 Å². The lowest BCUT2D eigenvalue weighted by Gasteiger charge is -2.07. The van der Waals surface area contributed by atoms with Crippen molar-refractivity contribution in [3.05, 3.63) is 59.9 Å². The topological polar surface area (TPSA) is 75.3 Å². The van der Waals surface area contributed by atoms with Crippen molar-refractivity contribution >= 4 is 29.0 Å². The van der Waals surface area contributed by atoms with Crippen molar-refractivity contribution in [2.75, 3.05) is 10.6 Å². The highest BCUT2D eigenvalue weighted by Gasteiger charge is 2.10. The molecule has 2 amide bonds. The molecule has 23 heavy (non-hydrogen) atoms. The summed E-state index contributed by atoms with van der Waals surface area (Å²) in [5.41, 5.74) is 1.45. The van der Waals surface area contributed by atoms with Gasteiger partial charge < -0.3 is 10.6 Å². The van der Waals surface area contributed by atoms with Gasteiger partial charge in [-0.15, -0.1) is 0 Å². The number of carbonyl (C=O) groups excluding carboxylic acids is 3. The molecule has 0 saturated carbocycles. The SMILES string of the molecule is CC(=O)c1ccc(NC(=O)CC(=O)Nc2ccc(F)cc2)cc1. The van der Waals surface area contributed by atoms with E-state index in [1.165, 1.54) is 31.2 Å². The number of ketones is 1. The Bertz CT molecular complexity index is 725. The molecule has 0 spiro atoms. The second kappa shape index (κ2) is 7.31. The number of benzene rings is 2. The predicted molar refractivity (Wildman–Crippen MR) is 84.7 cm³/mol. The normalized spacial score (nSPS) is 10.0. The van der Waals surface area contributed by atoms with Gasteiger partial charge in [0.25, 0.3) is 0 Å². The average molecular weight is 314 g/mol. The van der Waals surface area contributed by atoms with Crippen LogP contribution < -0.4 is 10.6 Å². The molecule has 2 aromatic rings. The molecule has 5 nitrogen and oxygen atoms in total. The van der Waals surface area contributed by atoms with Crippen LogP contribution in [0.15, 0.2) is 48.5 Å².